The molecular formula is C23H21Cl2F3N2O4. The molecule has 3 aromatic rings. The largest absolute Gasteiger partial charge is 0.485 e. The Morgan fingerprint density at radius 1 is 1.18 bits per heavy atom. The molecule has 0 aliphatic heterocycles. The molecule has 0 spiro atoms. The van der Waals surface area contributed by atoms with Crippen molar-refractivity contribution in [2.75, 3.05) is 6.61 Å². The summed E-state index contributed by atoms with van der Waals surface area (Å²) in [7, 11) is 0. The highest BCUT2D eigenvalue weighted by Gasteiger charge is 2.18. The Labute approximate surface area is 203 Å². The Balaban J connectivity index is 0.000000310. The number of nitrogens with zero attached hydrogens (tertiary/aromatic N) is 1. The van der Waals surface area contributed by atoms with Gasteiger partial charge >= 0.3 is 5.97 Å². The first kappa shape index (κ1) is 27.4. The third kappa shape index (κ3) is 7.59. The number of carbonyl (C=O) groups is 1. The smallest absolute Gasteiger partial charge is 0.337 e. The van der Waals surface area contributed by atoms with Gasteiger partial charge in [-0.05, 0) is 30.7 Å². The van der Waals surface area contributed by atoms with E-state index in [2.05, 4.69) is 4.98 Å². The number of ether oxygens (including phenoxy) is 1. The average Bonchev–Trinajstić information content (AvgIpc) is 2.78. The second-order valence-corrected chi connectivity index (χ2v) is 7.84. The molecule has 0 aliphatic carbocycles. The van der Waals surface area contributed by atoms with Crippen LogP contribution < -0.4 is 10.5 Å². The lowest BCUT2D eigenvalue weighted by Crippen LogP contribution is -2.10. The zero-order valence-electron chi connectivity index (χ0n) is 17.8. The van der Waals surface area contributed by atoms with Crippen molar-refractivity contribution >= 4 is 29.2 Å². The normalized spacial score (nSPS) is 12.5. The molecule has 0 bridgehead atoms. The minimum absolute atomic E-state index is 0.00823. The summed E-state index contributed by atoms with van der Waals surface area (Å²) in [5.74, 6) is -1.85. The van der Waals surface area contributed by atoms with E-state index in [0.29, 0.717) is 11.1 Å². The van der Waals surface area contributed by atoms with Gasteiger partial charge in [0.2, 0.25) is 0 Å². The van der Waals surface area contributed by atoms with E-state index >= 15 is 0 Å². The van der Waals surface area contributed by atoms with Gasteiger partial charge in [0, 0.05) is 28.4 Å². The maximum atomic E-state index is 14.1. The number of carboxylic acids is 1. The molecular weight excluding hydrogens is 496 g/mol. The fourth-order valence-corrected chi connectivity index (χ4v) is 3.32. The summed E-state index contributed by atoms with van der Waals surface area (Å²) >= 11 is 11.9. The van der Waals surface area contributed by atoms with Gasteiger partial charge in [-0.2, -0.15) is 0 Å². The lowest BCUT2D eigenvalue weighted by atomic mass is 10.0. The van der Waals surface area contributed by atoms with Crippen molar-refractivity contribution in [1.82, 2.24) is 4.98 Å². The van der Waals surface area contributed by atoms with Gasteiger partial charge in [0.15, 0.2) is 6.10 Å². The number of alkyl halides is 2. The number of hydrogen-bond acceptors (Lipinski definition) is 5. The maximum Gasteiger partial charge on any atom is 0.337 e. The molecule has 0 aliphatic rings. The van der Waals surface area contributed by atoms with E-state index in [-0.39, 0.29) is 27.1 Å². The number of aliphatic hydroxyl groups is 1. The number of hydrogen-bond donors (Lipinski definition) is 3. The van der Waals surface area contributed by atoms with E-state index in [1.165, 1.54) is 24.4 Å². The number of benzene rings is 2. The van der Waals surface area contributed by atoms with Crippen LogP contribution in [0, 0.1) is 5.82 Å². The molecule has 34 heavy (non-hydrogen) atoms. The predicted octanol–water partition coefficient (Wildman–Crippen LogP) is 5.66. The first-order valence-electron chi connectivity index (χ1n) is 9.78. The highest BCUT2D eigenvalue weighted by atomic mass is 35.5. The summed E-state index contributed by atoms with van der Waals surface area (Å²) in [6, 6.07) is 11.7. The molecule has 0 radical (unpaired) electrons. The zero-order chi connectivity index (χ0) is 25.4. The van der Waals surface area contributed by atoms with Gasteiger partial charge in [-0.3, -0.25) is 4.98 Å². The topological polar surface area (TPSA) is 106 Å². The molecule has 182 valence electrons. The van der Waals surface area contributed by atoms with Crippen molar-refractivity contribution in [3.8, 4) is 16.9 Å². The summed E-state index contributed by atoms with van der Waals surface area (Å²) in [5.41, 5.74) is 6.67. The molecule has 2 aromatic carbocycles. The molecule has 11 heteroatoms. The van der Waals surface area contributed by atoms with E-state index in [4.69, 9.17) is 43.9 Å². The second kappa shape index (κ2) is 12.6. The van der Waals surface area contributed by atoms with Crippen LogP contribution in [0.3, 0.4) is 0 Å². The molecule has 0 saturated heterocycles. The molecule has 3 rings (SSSR count). The second-order valence-electron chi connectivity index (χ2n) is 7.00. The van der Waals surface area contributed by atoms with Crippen LogP contribution in [0.25, 0.3) is 11.1 Å². The van der Waals surface area contributed by atoms with Crippen molar-refractivity contribution in [3.63, 3.8) is 0 Å². The summed E-state index contributed by atoms with van der Waals surface area (Å²) in [4.78, 5) is 14.2. The standard InChI is InChI=1S/C15H13Cl2F3N2O.C8H8O3/c1-7(21)14-12(18)2-8(5-22-14)10-3-9(16)4-11(17)15(10)23-6-13(19)20;9-7(8(10)11)6-4-2-1-3-5-6/h2-5,7,13H,6,21H2,1H3;1-5,7,9H,(H,10,11)/t2*7-/m10/s1. The number of aliphatic hydroxyl groups excluding tert-OH is 1. The Kier molecular flexibility index (Phi) is 10.1. The van der Waals surface area contributed by atoms with Gasteiger partial charge in [-0.15, -0.1) is 0 Å². The number of rotatable bonds is 7. The van der Waals surface area contributed by atoms with Crippen LogP contribution in [0.2, 0.25) is 10.0 Å². The Morgan fingerprint density at radius 3 is 2.35 bits per heavy atom. The average molecular weight is 517 g/mol. The first-order chi connectivity index (χ1) is 16.0. The van der Waals surface area contributed by atoms with Crippen molar-refractivity contribution in [1.29, 1.82) is 0 Å². The van der Waals surface area contributed by atoms with Crippen molar-refractivity contribution in [2.24, 2.45) is 5.73 Å². The van der Waals surface area contributed by atoms with Crippen LogP contribution in [0.4, 0.5) is 13.2 Å². The van der Waals surface area contributed by atoms with Crippen molar-refractivity contribution < 1.29 is 32.9 Å². The van der Waals surface area contributed by atoms with Gasteiger partial charge in [-0.1, -0.05) is 53.5 Å². The minimum Gasteiger partial charge on any atom is -0.485 e. The minimum atomic E-state index is -2.68. The number of pyridine rings is 1. The first-order valence-corrected chi connectivity index (χ1v) is 10.5. The van der Waals surface area contributed by atoms with E-state index in [1.807, 2.05) is 0 Å². The van der Waals surface area contributed by atoms with E-state index in [1.54, 1.807) is 37.3 Å². The van der Waals surface area contributed by atoms with E-state index in [0.717, 1.165) is 0 Å². The Morgan fingerprint density at radius 2 is 1.82 bits per heavy atom. The number of halogens is 5. The van der Waals surface area contributed by atoms with Crippen LogP contribution >= 0.6 is 23.2 Å². The molecule has 0 amide bonds. The quantitative estimate of drug-likeness (QED) is 0.374. The fourth-order valence-electron chi connectivity index (χ4n) is 2.78. The van der Waals surface area contributed by atoms with Crippen molar-refractivity contribution in [2.45, 2.75) is 25.5 Å². The third-order valence-corrected chi connectivity index (χ3v) is 4.82. The highest BCUT2D eigenvalue weighted by molar-refractivity contribution is 6.36. The molecule has 0 saturated carbocycles. The zero-order valence-corrected chi connectivity index (χ0v) is 19.3. The van der Waals surface area contributed by atoms with Gasteiger partial charge in [-0.25, -0.2) is 18.0 Å². The molecule has 0 unspecified atom stereocenters. The third-order valence-electron chi connectivity index (χ3n) is 4.32. The van der Waals surface area contributed by atoms with Crippen LogP contribution in [-0.4, -0.2) is 34.2 Å². The predicted molar refractivity (Wildman–Crippen MR) is 123 cm³/mol. The summed E-state index contributed by atoms with van der Waals surface area (Å²) < 4.78 is 43.9. The van der Waals surface area contributed by atoms with Crippen LogP contribution in [0.1, 0.15) is 30.3 Å². The Hall–Kier alpha value is -2.85. The summed E-state index contributed by atoms with van der Waals surface area (Å²) in [6.07, 6.45) is -2.72. The lowest BCUT2D eigenvalue weighted by molar-refractivity contribution is -0.146. The van der Waals surface area contributed by atoms with Crippen LogP contribution in [-0.2, 0) is 4.79 Å². The number of nitrogens with two attached hydrogens (primary N) is 1. The monoisotopic (exact) mass is 516 g/mol. The molecule has 1 aromatic heterocycles. The number of aromatic nitrogens is 1. The van der Waals surface area contributed by atoms with Gasteiger partial charge < -0.3 is 20.7 Å². The van der Waals surface area contributed by atoms with Crippen molar-refractivity contribution in [3.05, 3.63) is 81.8 Å². The molecule has 4 N–H and O–H groups in total. The molecule has 2 atom stereocenters. The number of carboxylic acid groups (broad SMARTS) is 1. The van der Waals surface area contributed by atoms with E-state index in [9.17, 15) is 18.0 Å². The highest BCUT2D eigenvalue weighted by Crippen LogP contribution is 2.39. The Bertz CT molecular complexity index is 1120. The van der Waals surface area contributed by atoms with Crippen LogP contribution in [0.15, 0.2) is 54.7 Å². The fraction of sp³-hybridized carbons (Fsp3) is 0.217. The molecule has 1 heterocycles. The molecule has 6 nitrogen and oxygen atoms in total. The van der Waals surface area contributed by atoms with Gasteiger partial charge in [0.25, 0.3) is 6.43 Å². The van der Waals surface area contributed by atoms with Gasteiger partial charge in [0.05, 0.1) is 10.7 Å². The molecule has 0 fully saturated rings. The van der Waals surface area contributed by atoms with Crippen LogP contribution in [0.5, 0.6) is 5.75 Å². The lowest BCUT2D eigenvalue weighted by Gasteiger charge is -2.15. The number of aliphatic carboxylic acids is 1. The SMILES string of the molecule is C[C@@H](N)c1ncc(-c2cc(Cl)cc(Cl)c2OCC(F)F)cc1F.O=C(O)[C@@H](O)c1ccccc1. The van der Waals surface area contributed by atoms with Gasteiger partial charge in [0.1, 0.15) is 18.2 Å². The maximum absolute atomic E-state index is 14.1. The summed E-state index contributed by atoms with van der Waals surface area (Å²) in [5, 5.41) is 17.7. The summed E-state index contributed by atoms with van der Waals surface area (Å²) in [6.45, 7) is 0.751. The van der Waals surface area contributed by atoms with E-state index < -0.39 is 37.0 Å².